The fraction of sp³-hybridized carbons (Fsp3) is 0.538. The Morgan fingerprint density at radius 2 is 2.00 bits per heavy atom. The van der Waals surface area contributed by atoms with E-state index in [4.69, 9.17) is 16.3 Å². The molecule has 0 radical (unpaired) electrons. The van der Waals surface area contributed by atoms with Crippen molar-refractivity contribution in [3.05, 3.63) is 22.7 Å². The molecule has 0 aliphatic heterocycles. The van der Waals surface area contributed by atoms with Crippen LogP contribution in [0.15, 0.2) is 12.1 Å². The van der Waals surface area contributed by atoms with Gasteiger partial charge in [0, 0.05) is 23.7 Å². The summed E-state index contributed by atoms with van der Waals surface area (Å²) in [7, 11) is -1.96. The summed E-state index contributed by atoms with van der Waals surface area (Å²) < 4.78 is 31.7. The third-order valence-corrected chi connectivity index (χ3v) is 4.35. The van der Waals surface area contributed by atoms with Gasteiger partial charge in [-0.1, -0.05) is 25.4 Å². The minimum atomic E-state index is -3.43. The first-order valence-corrected chi connectivity index (χ1v) is 8.36. The lowest BCUT2D eigenvalue weighted by Crippen LogP contribution is -2.31. The van der Waals surface area contributed by atoms with Crippen LogP contribution in [0.1, 0.15) is 19.4 Å². The predicted octanol–water partition coefficient (Wildman–Crippen LogP) is 2.40. The van der Waals surface area contributed by atoms with Gasteiger partial charge in [0.05, 0.1) is 18.6 Å². The number of nitrogens with one attached hydrogen (secondary N) is 2. The van der Waals surface area contributed by atoms with Crippen molar-refractivity contribution in [3.8, 4) is 5.75 Å². The van der Waals surface area contributed by atoms with Gasteiger partial charge in [0.15, 0.2) is 0 Å². The fourth-order valence-corrected chi connectivity index (χ4v) is 2.75. The van der Waals surface area contributed by atoms with Gasteiger partial charge < -0.3 is 10.1 Å². The van der Waals surface area contributed by atoms with Crippen LogP contribution in [-0.4, -0.2) is 33.9 Å². The third kappa shape index (κ3) is 5.19. The summed E-state index contributed by atoms with van der Waals surface area (Å²) >= 11 is 5.99. The Balaban J connectivity index is 2.84. The standard InChI is InChI=1S/C13H21ClN2O3S/c1-9(2)15-5-6-20(17,18)16-12-7-10(3)11(14)8-13(12)19-4/h7-9,15-16H,5-6H2,1-4H3. The Labute approximate surface area is 125 Å². The molecular formula is C13H21ClN2O3S. The highest BCUT2D eigenvalue weighted by molar-refractivity contribution is 7.92. The largest absolute Gasteiger partial charge is 0.495 e. The summed E-state index contributed by atoms with van der Waals surface area (Å²) in [5.74, 6) is 0.400. The smallest absolute Gasteiger partial charge is 0.234 e. The molecule has 0 spiro atoms. The molecule has 114 valence electrons. The second-order valence-corrected chi connectivity index (χ2v) is 7.08. The van der Waals surface area contributed by atoms with Crippen molar-refractivity contribution in [3.63, 3.8) is 0 Å². The molecule has 0 saturated carbocycles. The van der Waals surface area contributed by atoms with Crippen LogP contribution < -0.4 is 14.8 Å². The van der Waals surface area contributed by atoms with Crippen LogP contribution in [0.25, 0.3) is 0 Å². The summed E-state index contributed by atoms with van der Waals surface area (Å²) in [5, 5.41) is 3.60. The molecule has 0 heterocycles. The second-order valence-electron chi connectivity index (χ2n) is 4.83. The molecule has 1 aromatic rings. The number of hydrogen-bond donors (Lipinski definition) is 2. The quantitative estimate of drug-likeness (QED) is 0.809. The van der Waals surface area contributed by atoms with Gasteiger partial charge in [-0.3, -0.25) is 4.72 Å². The molecule has 7 heteroatoms. The fourth-order valence-electron chi connectivity index (χ4n) is 1.61. The van der Waals surface area contributed by atoms with E-state index in [1.54, 1.807) is 19.1 Å². The molecule has 0 unspecified atom stereocenters. The number of benzene rings is 1. The maximum atomic E-state index is 12.0. The molecule has 20 heavy (non-hydrogen) atoms. The zero-order valence-corrected chi connectivity index (χ0v) is 13.7. The molecule has 1 rings (SSSR count). The maximum absolute atomic E-state index is 12.0. The normalized spacial score (nSPS) is 11.7. The van der Waals surface area contributed by atoms with Crippen molar-refractivity contribution in [2.45, 2.75) is 26.8 Å². The molecule has 0 amide bonds. The summed E-state index contributed by atoms with van der Waals surface area (Å²) in [4.78, 5) is 0. The molecule has 0 atom stereocenters. The highest BCUT2D eigenvalue weighted by Gasteiger charge is 2.15. The van der Waals surface area contributed by atoms with Gasteiger partial charge in [0.2, 0.25) is 10.0 Å². The van der Waals surface area contributed by atoms with Crippen LogP contribution in [-0.2, 0) is 10.0 Å². The number of anilines is 1. The van der Waals surface area contributed by atoms with E-state index in [0.29, 0.717) is 23.0 Å². The van der Waals surface area contributed by atoms with Crippen LogP contribution in [0.5, 0.6) is 5.75 Å². The number of aryl methyl sites for hydroxylation is 1. The van der Waals surface area contributed by atoms with Gasteiger partial charge in [-0.25, -0.2) is 8.42 Å². The Kier molecular flexibility index (Phi) is 6.10. The third-order valence-electron chi connectivity index (χ3n) is 2.67. The lowest BCUT2D eigenvalue weighted by Gasteiger charge is -2.14. The van der Waals surface area contributed by atoms with Gasteiger partial charge in [0.25, 0.3) is 0 Å². The number of halogens is 1. The number of methoxy groups -OCH3 is 1. The van der Waals surface area contributed by atoms with Crippen LogP contribution in [0.2, 0.25) is 5.02 Å². The highest BCUT2D eigenvalue weighted by atomic mass is 35.5. The Bertz CT molecular complexity index is 559. The number of sulfonamides is 1. The van der Waals surface area contributed by atoms with Gasteiger partial charge in [-0.15, -0.1) is 0 Å². The monoisotopic (exact) mass is 320 g/mol. The van der Waals surface area contributed by atoms with E-state index in [0.717, 1.165) is 5.56 Å². The van der Waals surface area contributed by atoms with Gasteiger partial charge >= 0.3 is 0 Å². The van der Waals surface area contributed by atoms with Gasteiger partial charge in [0.1, 0.15) is 5.75 Å². The lowest BCUT2D eigenvalue weighted by atomic mass is 10.2. The first kappa shape index (κ1) is 17.1. The first-order chi connectivity index (χ1) is 9.25. The molecule has 0 aliphatic rings. The van der Waals surface area contributed by atoms with Crippen molar-refractivity contribution < 1.29 is 13.2 Å². The lowest BCUT2D eigenvalue weighted by molar-refractivity contribution is 0.417. The van der Waals surface area contributed by atoms with Crippen molar-refractivity contribution in [1.82, 2.24) is 5.32 Å². The van der Waals surface area contributed by atoms with Gasteiger partial charge in [-0.2, -0.15) is 0 Å². The Morgan fingerprint density at radius 1 is 1.35 bits per heavy atom. The molecule has 0 fully saturated rings. The molecule has 0 aliphatic carbocycles. The minimum absolute atomic E-state index is 0.00396. The Morgan fingerprint density at radius 3 is 2.55 bits per heavy atom. The van der Waals surface area contributed by atoms with E-state index in [-0.39, 0.29) is 11.8 Å². The second kappa shape index (κ2) is 7.15. The van der Waals surface area contributed by atoms with E-state index >= 15 is 0 Å². The van der Waals surface area contributed by atoms with E-state index < -0.39 is 10.0 Å². The SMILES string of the molecule is COc1cc(Cl)c(C)cc1NS(=O)(=O)CCNC(C)C. The molecule has 5 nitrogen and oxygen atoms in total. The molecular weight excluding hydrogens is 300 g/mol. The van der Waals surface area contributed by atoms with Gasteiger partial charge in [-0.05, 0) is 18.6 Å². The molecule has 1 aromatic carbocycles. The van der Waals surface area contributed by atoms with E-state index in [9.17, 15) is 8.42 Å². The average Bonchev–Trinajstić information content (AvgIpc) is 2.32. The molecule has 0 aromatic heterocycles. The first-order valence-electron chi connectivity index (χ1n) is 6.33. The van der Waals surface area contributed by atoms with Crippen molar-refractivity contribution >= 4 is 27.3 Å². The summed E-state index contributed by atoms with van der Waals surface area (Å²) in [6.07, 6.45) is 0. The summed E-state index contributed by atoms with van der Waals surface area (Å²) in [6.45, 7) is 6.12. The maximum Gasteiger partial charge on any atom is 0.234 e. The predicted molar refractivity (Wildman–Crippen MR) is 83.3 cm³/mol. The Hall–Kier alpha value is -0.980. The number of ether oxygens (including phenoxy) is 1. The zero-order valence-electron chi connectivity index (χ0n) is 12.2. The zero-order chi connectivity index (χ0) is 15.3. The van der Waals surface area contributed by atoms with E-state index in [2.05, 4.69) is 10.0 Å². The van der Waals surface area contributed by atoms with Crippen LogP contribution >= 0.6 is 11.6 Å². The molecule has 0 saturated heterocycles. The molecule has 0 bridgehead atoms. The van der Waals surface area contributed by atoms with E-state index in [1.165, 1.54) is 7.11 Å². The highest BCUT2D eigenvalue weighted by Crippen LogP contribution is 2.31. The number of rotatable bonds is 7. The number of hydrogen-bond acceptors (Lipinski definition) is 4. The van der Waals surface area contributed by atoms with Crippen molar-refractivity contribution in [2.24, 2.45) is 0 Å². The van der Waals surface area contributed by atoms with Crippen molar-refractivity contribution in [1.29, 1.82) is 0 Å². The van der Waals surface area contributed by atoms with E-state index in [1.807, 2.05) is 13.8 Å². The van der Waals surface area contributed by atoms with Crippen LogP contribution in [0.3, 0.4) is 0 Å². The molecule has 2 N–H and O–H groups in total. The summed E-state index contributed by atoms with van der Waals surface area (Å²) in [5.41, 5.74) is 1.18. The van der Waals surface area contributed by atoms with Crippen LogP contribution in [0, 0.1) is 6.92 Å². The minimum Gasteiger partial charge on any atom is -0.495 e. The van der Waals surface area contributed by atoms with Crippen LogP contribution in [0.4, 0.5) is 5.69 Å². The topological polar surface area (TPSA) is 67.4 Å². The summed E-state index contributed by atoms with van der Waals surface area (Å²) in [6, 6.07) is 3.51. The average molecular weight is 321 g/mol. The van der Waals surface area contributed by atoms with Crippen molar-refractivity contribution in [2.75, 3.05) is 24.1 Å².